The quantitative estimate of drug-likeness (QED) is 0.625. The summed E-state index contributed by atoms with van der Waals surface area (Å²) in [6, 6.07) is 6.10. The maximum absolute atomic E-state index is 4.20. The highest BCUT2D eigenvalue weighted by molar-refractivity contribution is 9.11. The summed E-state index contributed by atoms with van der Waals surface area (Å²) in [6.45, 7) is 0. The van der Waals surface area contributed by atoms with Crippen molar-refractivity contribution >= 4 is 58.6 Å². The third-order valence-corrected chi connectivity index (χ3v) is 3.51. The number of halogens is 3. The van der Waals surface area contributed by atoms with E-state index in [9.17, 15) is 0 Å². The van der Waals surface area contributed by atoms with Gasteiger partial charge in [0, 0.05) is 25.9 Å². The molecule has 0 fully saturated rings. The number of nitrogens with zero attached hydrogens (tertiary/aromatic N) is 1. The van der Waals surface area contributed by atoms with E-state index in [1.807, 2.05) is 12.1 Å². The summed E-state index contributed by atoms with van der Waals surface area (Å²) >= 11 is 10.3. The van der Waals surface area contributed by atoms with Crippen LogP contribution in [0.25, 0.3) is 10.8 Å². The van der Waals surface area contributed by atoms with Gasteiger partial charge in [0.1, 0.15) is 4.60 Å². The van der Waals surface area contributed by atoms with E-state index in [1.165, 1.54) is 0 Å². The molecule has 0 aliphatic rings. The van der Waals surface area contributed by atoms with Crippen LogP contribution in [0, 0.1) is 0 Å². The second-order valence-electron chi connectivity index (χ2n) is 2.59. The van der Waals surface area contributed by atoms with E-state index in [0.717, 1.165) is 24.3 Å². The summed E-state index contributed by atoms with van der Waals surface area (Å²) in [4.78, 5) is 4.20. The van der Waals surface area contributed by atoms with Gasteiger partial charge < -0.3 is 0 Å². The molecule has 13 heavy (non-hydrogen) atoms. The minimum absolute atomic E-state index is 0.868. The lowest BCUT2D eigenvalue weighted by Gasteiger charge is -2.02. The number of fused-ring (bicyclic) bond motifs is 1. The normalized spacial score (nSPS) is 10.7. The van der Waals surface area contributed by atoms with Gasteiger partial charge in [-0.15, -0.1) is 0 Å². The van der Waals surface area contributed by atoms with Crippen LogP contribution in [-0.2, 0) is 0 Å². The van der Waals surface area contributed by atoms with Crippen LogP contribution < -0.4 is 0 Å². The smallest absolute Gasteiger partial charge is 0.113 e. The van der Waals surface area contributed by atoms with Gasteiger partial charge in [-0.05, 0) is 44.0 Å². The molecule has 0 amide bonds. The first-order valence-corrected chi connectivity index (χ1v) is 5.95. The fourth-order valence-corrected chi connectivity index (χ4v) is 2.39. The molecule has 0 saturated carbocycles. The lowest BCUT2D eigenvalue weighted by Crippen LogP contribution is -1.81. The molecular formula is C9H4Br3N. The molecule has 0 N–H and O–H groups in total. The Bertz CT molecular complexity index is 468. The molecule has 2 rings (SSSR count). The highest BCUT2D eigenvalue weighted by Crippen LogP contribution is 2.30. The van der Waals surface area contributed by atoms with E-state index in [-0.39, 0.29) is 0 Å². The summed E-state index contributed by atoms with van der Waals surface area (Å²) in [6.07, 6.45) is 1.79. The van der Waals surface area contributed by atoms with Crippen LogP contribution in [0.15, 0.2) is 37.9 Å². The van der Waals surface area contributed by atoms with Gasteiger partial charge in [0.15, 0.2) is 0 Å². The van der Waals surface area contributed by atoms with E-state index >= 15 is 0 Å². The Labute approximate surface area is 101 Å². The van der Waals surface area contributed by atoms with Gasteiger partial charge in [-0.2, -0.15) is 0 Å². The fourth-order valence-electron chi connectivity index (χ4n) is 1.15. The second kappa shape index (κ2) is 3.67. The maximum atomic E-state index is 4.20. The van der Waals surface area contributed by atoms with Gasteiger partial charge >= 0.3 is 0 Å². The molecule has 0 radical (unpaired) electrons. The third-order valence-electron chi connectivity index (χ3n) is 1.75. The number of benzene rings is 1. The first-order chi connectivity index (χ1) is 6.18. The van der Waals surface area contributed by atoms with Crippen molar-refractivity contribution in [1.29, 1.82) is 0 Å². The second-order valence-corrected chi connectivity index (χ2v) is 5.11. The summed E-state index contributed by atoms with van der Waals surface area (Å²) < 4.78 is 2.94. The molecule has 0 bridgehead atoms. The summed E-state index contributed by atoms with van der Waals surface area (Å²) in [5, 5.41) is 2.26. The number of hydrogen-bond acceptors (Lipinski definition) is 1. The molecule has 1 nitrogen and oxygen atoms in total. The van der Waals surface area contributed by atoms with E-state index in [1.54, 1.807) is 6.20 Å². The van der Waals surface area contributed by atoms with Gasteiger partial charge in [0.05, 0.1) is 0 Å². The van der Waals surface area contributed by atoms with E-state index in [2.05, 4.69) is 58.8 Å². The topological polar surface area (TPSA) is 12.9 Å². The van der Waals surface area contributed by atoms with Crippen molar-refractivity contribution in [3.05, 3.63) is 37.9 Å². The molecule has 0 aliphatic heterocycles. The Balaban J connectivity index is 2.92. The highest BCUT2D eigenvalue weighted by Gasteiger charge is 2.03. The lowest BCUT2D eigenvalue weighted by molar-refractivity contribution is 1.30. The Morgan fingerprint density at radius 3 is 2.54 bits per heavy atom. The minimum atomic E-state index is 0.868. The third kappa shape index (κ3) is 1.80. The monoisotopic (exact) mass is 363 g/mol. The SMILES string of the molecule is Brc1ccc2c(Br)cnc(Br)c2c1. The number of aromatic nitrogens is 1. The summed E-state index contributed by atoms with van der Waals surface area (Å²) in [5.41, 5.74) is 0. The predicted octanol–water partition coefficient (Wildman–Crippen LogP) is 4.52. The molecule has 0 aliphatic carbocycles. The van der Waals surface area contributed by atoms with E-state index < -0.39 is 0 Å². The maximum Gasteiger partial charge on any atom is 0.113 e. The molecule has 1 heterocycles. The van der Waals surface area contributed by atoms with Crippen molar-refractivity contribution in [2.75, 3.05) is 0 Å². The van der Waals surface area contributed by atoms with Crippen LogP contribution in [0.4, 0.5) is 0 Å². The van der Waals surface area contributed by atoms with Gasteiger partial charge in [-0.25, -0.2) is 4.98 Å². The van der Waals surface area contributed by atoms with Crippen LogP contribution in [-0.4, -0.2) is 4.98 Å². The first-order valence-electron chi connectivity index (χ1n) is 3.58. The van der Waals surface area contributed by atoms with Gasteiger partial charge in [-0.3, -0.25) is 0 Å². The Kier molecular flexibility index (Phi) is 2.72. The van der Waals surface area contributed by atoms with Crippen molar-refractivity contribution in [3.8, 4) is 0 Å². The molecule has 2 aromatic rings. The Hall–Kier alpha value is 0.0700. The molecule has 1 aromatic heterocycles. The zero-order valence-electron chi connectivity index (χ0n) is 6.39. The molecule has 0 unspecified atom stereocenters. The van der Waals surface area contributed by atoms with Crippen LogP contribution in [0.5, 0.6) is 0 Å². The van der Waals surface area contributed by atoms with E-state index in [0.29, 0.717) is 0 Å². The van der Waals surface area contributed by atoms with Gasteiger partial charge in [-0.1, -0.05) is 22.0 Å². The van der Waals surface area contributed by atoms with Crippen molar-refractivity contribution < 1.29 is 0 Å². The average Bonchev–Trinajstić information content (AvgIpc) is 2.12. The van der Waals surface area contributed by atoms with Crippen molar-refractivity contribution in [2.45, 2.75) is 0 Å². The van der Waals surface area contributed by atoms with Gasteiger partial charge in [0.25, 0.3) is 0 Å². The van der Waals surface area contributed by atoms with Crippen LogP contribution in [0.3, 0.4) is 0 Å². The van der Waals surface area contributed by atoms with Crippen molar-refractivity contribution in [1.82, 2.24) is 4.98 Å². The number of pyridine rings is 1. The van der Waals surface area contributed by atoms with E-state index in [4.69, 9.17) is 0 Å². The van der Waals surface area contributed by atoms with Crippen molar-refractivity contribution in [3.63, 3.8) is 0 Å². The first kappa shape index (κ1) is 9.62. The van der Waals surface area contributed by atoms with Crippen LogP contribution in [0.1, 0.15) is 0 Å². The number of hydrogen-bond donors (Lipinski definition) is 0. The Morgan fingerprint density at radius 2 is 1.77 bits per heavy atom. The highest BCUT2D eigenvalue weighted by atomic mass is 79.9. The van der Waals surface area contributed by atoms with Gasteiger partial charge in [0.2, 0.25) is 0 Å². The Morgan fingerprint density at radius 1 is 1.00 bits per heavy atom. The lowest BCUT2D eigenvalue weighted by atomic mass is 10.2. The molecular weight excluding hydrogens is 362 g/mol. The summed E-state index contributed by atoms with van der Waals surface area (Å²) in [7, 11) is 0. The molecule has 4 heteroatoms. The molecule has 66 valence electrons. The number of rotatable bonds is 0. The zero-order chi connectivity index (χ0) is 9.42. The van der Waals surface area contributed by atoms with Crippen molar-refractivity contribution in [2.24, 2.45) is 0 Å². The molecule has 1 aromatic carbocycles. The zero-order valence-corrected chi connectivity index (χ0v) is 11.1. The van der Waals surface area contributed by atoms with Crippen LogP contribution >= 0.6 is 47.8 Å². The largest absolute Gasteiger partial charge is 0.248 e. The minimum Gasteiger partial charge on any atom is -0.248 e. The predicted molar refractivity (Wildman–Crippen MR) is 64.8 cm³/mol. The molecule has 0 saturated heterocycles. The summed E-state index contributed by atoms with van der Waals surface area (Å²) in [5.74, 6) is 0. The molecule has 0 atom stereocenters. The molecule has 0 spiro atoms. The standard InChI is InChI=1S/C9H4Br3N/c10-5-1-2-6-7(3-5)9(12)13-4-8(6)11/h1-4H. The average molecular weight is 366 g/mol. The van der Waals surface area contributed by atoms with Crippen LogP contribution in [0.2, 0.25) is 0 Å². The fraction of sp³-hybridized carbons (Fsp3) is 0.